The third-order valence-corrected chi connectivity index (χ3v) is 3.70. The third kappa shape index (κ3) is 3.69. The minimum atomic E-state index is -0.507. The number of carbonyl (C=O) groups excluding carboxylic acids is 3. The molecule has 0 radical (unpaired) electrons. The summed E-state index contributed by atoms with van der Waals surface area (Å²) in [4.78, 5) is 37.6. The van der Waals surface area contributed by atoms with Crippen molar-refractivity contribution in [2.75, 3.05) is 0 Å². The van der Waals surface area contributed by atoms with Gasteiger partial charge in [-0.25, -0.2) is 0 Å². The van der Waals surface area contributed by atoms with Gasteiger partial charge in [0.1, 0.15) is 0 Å². The Morgan fingerprint density at radius 1 is 1.04 bits per heavy atom. The number of ketones is 3. The smallest absolute Gasteiger partial charge is 0.197 e. The zero-order valence-corrected chi connectivity index (χ0v) is 13.3. The molecule has 0 unspecified atom stereocenters. The highest BCUT2D eigenvalue weighted by Crippen LogP contribution is 2.20. The van der Waals surface area contributed by atoms with E-state index in [0.717, 1.165) is 5.56 Å². The molecule has 0 saturated heterocycles. The van der Waals surface area contributed by atoms with Gasteiger partial charge in [0, 0.05) is 23.1 Å². The van der Waals surface area contributed by atoms with Crippen LogP contribution in [0.25, 0.3) is 0 Å². The van der Waals surface area contributed by atoms with E-state index in [9.17, 15) is 14.4 Å². The van der Waals surface area contributed by atoms with Crippen LogP contribution in [0.5, 0.6) is 0 Å². The maximum atomic E-state index is 12.8. The summed E-state index contributed by atoms with van der Waals surface area (Å²) in [5, 5.41) is 0. The molecule has 2 rings (SSSR count). The van der Waals surface area contributed by atoms with Gasteiger partial charge < -0.3 is 0 Å². The number of hydrogen-bond donors (Lipinski definition) is 0. The van der Waals surface area contributed by atoms with Gasteiger partial charge in [0.15, 0.2) is 17.3 Å². The molecule has 1 aliphatic carbocycles. The van der Waals surface area contributed by atoms with E-state index >= 15 is 0 Å². The SMILES string of the molecule is C=C1/C=C\C=C/CC(=O)/C(C)=C(/C(=O)c2ccc(C)cc2)C1=O. The highest BCUT2D eigenvalue weighted by Gasteiger charge is 2.26. The molecule has 0 heterocycles. The van der Waals surface area contributed by atoms with Crippen molar-refractivity contribution >= 4 is 17.3 Å². The first-order valence-corrected chi connectivity index (χ1v) is 7.34. The molecule has 23 heavy (non-hydrogen) atoms. The molecule has 0 aliphatic heterocycles. The predicted molar refractivity (Wildman–Crippen MR) is 90.3 cm³/mol. The molecular formula is C20H18O3. The first-order valence-electron chi connectivity index (χ1n) is 7.34. The number of Topliss-reactive ketones (excluding diaryl/α,β-unsaturated/α-hetero) is 3. The first-order chi connectivity index (χ1) is 10.9. The summed E-state index contributed by atoms with van der Waals surface area (Å²) in [7, 11) is 0. The standard InChI is InChI=1S/C20H18O3/c1-13-9-11-16(12-10-13)20(23)18-15(3)17(21)8-6-4-5-7-14(2)19(18)22/h4-7,9-12H,2,8H2,1,3H3/b6-4-,7-5-,18-15+. The number of hydrogen-bond acceptors (Lipinski definition) is 3. The summed E-state index contributed by atoms with van der Waals surface area (Å²) in [5.74, 6) is -1.19. The lowest BCUT2D eigenvalue weighted by Crippen LogP contribution is -2.19. The van der Waals surface area contributed by atoms with E-state index in [1.807, 2.05) is 6.92 Å². The second-order valence-electron chi connectivity index (χ2n) is 5.46. The van der Waals surface area contributed by atoms with Crippen molar-refractivity contribution in [1.29, 1.82) is 0 Å². The van der Waals surface area contributed by atoms with E-state index in [-0.39, 0.29) is 28.9 Å². The van der Waals surface area contributed by atoms with Gasteiger partial charge in [-0.05, 0) is 13.8 Å². The Kier molecular flexibility index (Phi) is 5.02. The van der Waals surface area contributed by atoms with Crippen molar-refractivity contribution in [2.45, 2.75) is 20.3 Å². The van der Waals surface area contributed by atoms with Crippen molar-refractivity contribution in [1.82, 2.24) is 0 Å². The Bertz CT molecular complexity index is 772. The fraction of sp³-hybridized carbons (Fsp3) is 0.150. The zero-order chi connectivity index (χ0) is 17.0. The number of carbonyl (C=O) groups is 3. The van der Waals surface area contributed by atoms with Gasteiger partial charge in [0.05, 0.1) is 5.57 Å². The summed E-state index contributed by atoms with van der Waals surface area (Å²) < 4.78 is 0. The summed E-state index contributed by atoms with van der Waals surface area (Å²) >= 11 is 0. The monoisotopic (exact) mass is 306 g/mol. The van der Waals surface area contributed by atoms with E-state index in [1.54, 1.807) is 48.6 Å². The molecule has 3 nitrogen and oxygen atoms in total. The molecule has 0 fully saturated rings. The Balaban J connectivity index is 2.56. The van der Waals surface area contributed by atoms with E-state index in [1.165, 1.54) is 6.92 Å². The van der Waals surface area contributed by atoms with Crippen LogP contribution >= 0.6 is 0 Å². The normalized spacial score (nSPS) is 21.9. The highest BCUT2D eigenvalue weighted by atomic mass is 16.2. The maximum absolute atomic E-state index is 12.8. The van der Waals surface area contributed by atoms with Crippen molar-refractivity contribution in [3.8, 4) is 0 Å². The minimum absolute atomic E-state index is 0.0937. The summed E-state index contributed by atoms with van der Waals surface area (Å²) in [6, 6.07) is 6.92. The number of benzene rings is 1. The lowest BCUT2D eigenvalue weighted by molar-refractivity contribution is -0.116. The molecule has 3 heteroatoms. The molecule has 0 spiro atoms. The highest BCUT2D eigenvalue weighted by molar-refractivity contribution is 6.34. The van der Waals surface area contributed by atoms with Gasteiger partial charge in [-0.2, -0.15) is 0 Å². The molecular weight excluding hydrogens is 288 g/mol. The Labute approximate surface area is 135 Å². The second kappa shape index (κ2) is 6.97. The van der Waals surface area contributed by atoms with Crippen LogP contribution in [0, 0.1) is 6.92 Å². The van der Waals surface area contributed by atoms with Gasteiger partial charge in [-0.1, -0.05) is 60.7 Å². The fourth-order valence-electron chi connectivity index (χ4n) is 2.25. The molecule has 0 N–H and O–H groups in total. The summed E-state index contributed by atoms with van der Waals surface area (Å²) in [6.45, 7) is 7.14. The molecule has 0 amide bonds. The Hall–Kier alpha value is -2.81. The topological polar surface area (TPSA) is 51.2 Å². The van der Waals surface area contributed by atoms with Crippen LogP contribution in [0.3, 0.4) is 0 Å². The lowest BCUT2D eigenvalue weighted by Gasteiger charge is -2.11. The van der Waals surface area contributed by atoms with Gasteiger partial charge in [-0.15, -0.1) is 0 Å². The van der Waals surface area contributed by atoms with E-state index in [4.69, 9.17) is 0 Å². The van der Waals surface area contributed by atoms with Crippen LogP contribution < -0.4 is 0 Å². The van der Waals surface area contributed by atoms with Crippen molar-refractivity contribution in [3.05, 3.63) is 83.0 Å². The zero-order valence-electron chi connectivity index (χ0n) is 13.3. The minimum Gasteiger partial charge on any atom is -0.294 e. The molecule has 116 valence electrons. The molecule has 0 atom stereocenters. The number of rotatable bonds is 2. The maximum Gasteiger partial charge on any atom is 0.197 e. The van der Waals surface area contributed by atoms with E-state index < -0.39 is 11.6 Å². The Morgan fingerprint density at radius 3 is 2.35 bits per heavy atom. The van der Waals surface area contributed by atoms with Crippen LogP contribution in [-0.2, 0) is 9.59 Å². The van der Waals surface area contributed by atoms with E-state index in [2.05, 4.69) is 6.58 Å². The number of aryl methyl sites for hydroxylation is 1. The first kappa shape index (κ1) is 16.6. The molecule has 0 saturated carbocycles. The fourth-order valence-corrected chi connectivity index (χ4v) is 2.25. The molecule has 0 bridgehead atoms. The second-order valence-corrected chi connectivity index (χ2v) is 5.46. The molecule has 1 aromatic rings. The molecule has 1 aromatic carbocycles. The van der Waals surface area contributed by atoms with Gasteiger partial charge in [0.2, 0.25) is 0 Å². The Morgan fingerprint density at radius 2 is 1.70 bits per heavy atom. The van der Waals surface area contributed by atoms with Gasteiger partial charge in [0.25, 0.3) is 0 Å². The molecule has 1 aliphatic rings. The predicted octanol–water partition coefficient (Wildman–Crippen LogP) is 3.70. The van der Waals surface area contributed by atoms with Crippen LogP contribution in [0.4, 0.5) is 0 Å². The average Bonchev–Trinajstić information content (AvgIpc) is 2.53. The van der Waals surface area contributed by atoms with Gasteiger partial charge in [-0.3, -0.25) is 14.4 Å². The summed E-state index contributed by atoms with van der Waals surface area (Å²) in [6.07, 6.45) is 6.73. The van der Waals surface area contributed by atoms with Crippen molar-refractivity contribution < 1.29 is 14.4 Å². The van der Waals surface area contributed by atoms with Crippen LogP contribution in [0.1, 0.15) is 29.3 Å². The van der Waals surface area contributed by atoms with Crippen molar-refractivity contribution in [3.63, 3.8) is 0 Å². The average molecular weight is 306 g/mol. The quantitative estimate of drug-likeness (QED) is 0.475. The molecule has 0 aromatic heterocycles. The van der Waals surface area contributed by atoms with Crippen LogP contribution in [0.15, 0.2) is 71.9 Å². The largest absolute Gasteiger partial charge is 0.294 e. The number of allylic oxidation sites excluding steroid dienone is 7. The van der Waals surface area contributed by atoms with Gasteiger partial charge >= 0.3 is 0 Å². The van der Waals surface area contributed by atoms with Crippen LogP contribution in [-0.4, -0.2) is 17.3 Å². The van der Waals surface area contributed by atoms with Crippen molar-refractivity contribution in [2.24, 2.45) is 0 Å². The summed E-state index contributed by atoms with van der Waals surface area (Å²) in [5.41, 5.74) is 1.67. The third-order valence-electron chi connectivity index (χ3n) is 3.70. The van der Waals surface area contributed by atoms with E-state index in [0.29, 0.717) is 5.56 Å². The lowest BCUT2D eigenvalue weighted by atomic mass is 9.89. The van der Waals surface area contributed by atoms with Crippen LogP contribution in [0.2, 0.25) is 0 Å².